The van der Waals surface area contributed by atoms with Crippen molar-refractivity contribution in [2.24, 2.45) is 0 Å². The Morgan fingerprint density at radius 2 is 2.12 bits per heavy atom. The lowest BCUT2D eigenvalue weighted by Crippen LogP contribution is -2.32. The Balaban J connectivity index is 3.04. The lowest BCUT2D eigenvalue weighted by atomic mass is 10.1. The smallest absolute Gasteiger partial charge is 0.101 e. The van der Waals surface area contributed by atoms with E-state index in [9.17, 15) is 0 Å². The maximum absolute atomic E-state index is 8.81. The summed E-state index contributed by atoms with van der Waals surface area (Å²) in [6, 6.07) is 8.16. The Morgan fingerprint density at radius 3 is 2.56 bits per heavy atom. The zero-order chi connectivity index (χ0) is 12.1. The highest BCUT2D eigenvalue weighted by molar-refractivity contribution is 6.32. The van der Waals surface area contributed by atoms with E-state index in [1.807, 2.05) is 12.1 Å². The van der Waals surface area contributed by atoms with Crippen molar-refractivity contribution in [1.82, 2.24) is 0 Å². The monoisotopic (exact) mass is 236 g/mol. The first-order valence-corrected chi connectivity index (χ1v) is 5.98. The summed E-state index contributed by atoms with van der Waals surface area (Å²) in [5.41, 5.74) is 1.62. The van der Waals surface area contributed by atoms with Crippen molar-refractivity contribution in [3.63, 3.8) is 0 Å². The van der Waals surface area contributed by atoms with Crippen LogP contribution in [-0.2, 0) is 0 Å². The fourth-order valence-electron chi connectivity index (χ4n) is 1.74. The second kappa shape index (κ2) is 5.77. The molecule has 3 heteroatoms. The average molecular weight is 237 g/mol. The highest BCUT2D eigenvalue weighted by Crippen LogP contribution is 2.25. The molecule has 2 nitrogen and oxygen atoms in total. The highest BCUT2D eigenvalue weighted by atomic mass is 35.5. The standard InChI is InChI=1S/C13H17ClN2/c1-4-10(3)16(5-2)12-7-6-11(9-15)13(14)8-12/h6-8,10H,4-5H2,1-3H3/t10-/m0/s1. The molecule has 0 spiro atoms. The third-order valence-corrected chi connectivity index (χ3v) is 3.18. The number of hydrogen-bond donors (Lipinski definition) is 0. The summed E-state index contributed by atoms with van der Waals surface area (Å²) >= 11 is 6.03. The summed E-state index contributed by atoms with van der Waals surface area (Å²) in [4.78, 5) is 2.28. The van der Waals surface area contributed by atoms with E-state index in [4.69, 9.17) is 16.9 Å². The summed E-state index contributed by atoms with van der Waals surface area (Å²) in [5, 5.41) is 9.34. The van der Waals surface area contributed by atoms with Gasteiger partial charge in [0.05, 0.1) is 10.6 Å². The molecule has 0 aromatic heterocycles. The fourth-order valence-corrected chi connectivity index (χ4v) is 1.96. The van der Waals surface area contributed by atoms with Crippen LogP contribution in [-0.4, -0.2) is 12.6 Å². The van der Waals surface area contributed by atoms with Gasteiger partial charge in [0.2, 0.25) is 0 Å². The minimum absolute atomic E-state index is 0.481. The number of rotatable bonds is 4. The van der Waals surface area contributed by atoms with Gasteiger partial charge in [0.15, 0.2) is 0 Å². The molecule has 0 amide bonds. The Morgan fingerprint density at radius 1 is 1.44 bits per heavy atom. The molecule has 0 fully saturated rings. The molecular formula is C13H17ClN2. The van der Waals surface area contributed by atoms with Crippen LogP contribution in [0.3, 0.4) is 0 Å². The molecule has 1 aromatic carbocycles. The summed E-state index contributed by atoms with van der Waals surface area (Å²) in [5.74, 6) is 0. The van der Waals surface area contributed by atoms with E-state index in [1.165, 1.54) is 0 Å². The van der Waals surface area contributed by atoms with Crippen molar-refractivity contribution in [3.8, 4) is 6.07 Å². The number of hydrogen-bond acceptors (Lipinski definition) is 2. The molecule has 0 N–H and O–H groups in total. The van der Waals surface area contributed by atoms with Crippen LogP contribution in [0.15, 0.2) is 18.2 Å². The van der Waals surface area contributed by atoms with Gasteiger partial charge in [-0.2, -0.15) is 5.26 Å². The molecule has 16 heavy (non-hydrogen) atoms. The van der Waals surface area contributed by atoms with Gasteiger partial charge >= 0.3 is 0 Å². The predicted molar refractivity (Wildman–Crippen MR) is 68.9 cm³/mol. The van der Waals surface area contributed by atoms with Crippen molar-refractivity contribution in [3.05, 3.63) is 28.8 Å². The molecule has 0 aliphatic carbocycles. The van der Waals surface area contributed by atoms with Gasteiger partial charge in [-0.25, -0.2) is 0 Å². The summed E-state index contributed by atoms with van der Waals surface area (Å²) in [7, 11) is 0. The molecule has 0 saturated carbocycles. The van der Waals surface area contributed by atoms with E-state index in [2.05, 4.69) is 31.7 Å². The third-order valence-electron chi connectivity index (χ3n) is 2.87. The molecule has 0 bridgehead atoms. The number of halogens is 1. The van der Waals surface area contributed by atoms with E-state index >= 15 is 0 Å². The number of nitriles is 1. The number of benzene rings is 1. The van der Waals surface area contributed by atoms with Gasteiger partial charge in [-0.15, -0.1) is 0 Å². The van der Waals surface area contributed by atoms with E-state index in [0.717, 1.165) is 18.7 Å². The molecular weight excluding hydrogens is 220 g/mol. The first-order chi connectivity index (χ1) is 7.63. The lowest BCUT2D eigenvalue weighted by molar-refractivity contribution is 0.630. The van der Waals surface area contributed by atoms with Crippen LogP contribution in [0.4, 0.5) is 5.69 Å². The van der Waals surface area contributed by atoms with Crippen molar-refractivity contribution >= 4 is 17.3 Å². The Hall–Kier alpha value is -1.20. The van der Waals surface area contributed by atoms with Crippen LogP contribution in [0.25, 0.3) is 0 Å². The largest absolute Gasteiger partial charge is 0.369 e. The first-order valence-electron chi connectivity index (χ1n) is 5.60. The maximum atomic E-state index is 8.81. The van der Waals surface area contributed by atoms with Crippen molar-refractivity contribution in [2.45, 2.75) is 33.2 Å². The molecule has 0 unspecified atom stereocenters. The second-order valence-electron chi connectivity index (χ2n) is 3.82. The first kappa shape index (κ1) is 12.9. The third kappa shape index (κ3) is 2.68. The van der Waals surface area contributed by atoms with Crippen LogP contribution >= 0.6 is 11.6 Å². The molecule has 1 rings (SSSR count). The van der Waals surface area contributed by atoms with E-state index < -0.39 is 0 Å². The van der Waals surface area contributed by atoms with E-state index in [1.54, 1.807) is 6.07 Å². The number of nitrogens with zero attached hydrogens (tertiary/aromatic N) is 2. The fraction of sp³-hybridized carbons (Fsp3) is 0.462. The van der Waals surface area contributed by atoms with Crippen LogP contribution in [0.2, 0.25) is 5.02 Å². The predicted octanol–water partition coefficient (Wildman–Crippen LogP) is 3.84. The molecule has 0 heterocycles. The highest BCUT2D eigenvalue weighted by Gasteiger charge is 2.12. The van der Waals surface area contributed by atoms with Gasteiger partial charge in [-0.1, -0.05) is 18.5 Å². The van der Waals surface area contributed by atoms with Crippen molar-refractivity contribution in [1.29, 1.82) is 5.26 Å². The average Bonchev–Trinajstić information content (AvgIpc) is 2.30. The minimum atomic E-state index is 0.481. The SMILES string of the molecule is CC[C@H](C)N(CC)c1ccc(C#N)c(Cl)c1. The minimum Gasteiger partial charge on any atom is -0.369 e. The summed E-state index contributed by atoms with van der Waals surface area (Å²) < 4.78 is 0. The number of anilines is 1. The van der Waals surface area contributed by atoms with Crippen LogP contribution in [0, 0.1) is 11.3 Å². The molecule has 86 valence electrons. The zero-order valence-electron chi connectivity index (χ0n) is 10.00. The van der Waals surface area contributed by atoms with Crippen molar-refractivity contribution < 1.29 is 0 Å². The van der Waals surface area contributed by atoms with Gasteiger partial charge in [-0.05, 0) is 38.5 Å². The van der Waals surface area contributed by atoms with Crippen LogP contribution < -0.4 is 4.90 Å². The molecule has 1 aromatic rings. The molecule has 0 radical (unpaired) electrons. The van der Waals surface area contributed by atoms with Gasteiger partial charge in [0.1, 0.15) is 6.07 Å². The van der Waals surface area contributed by atoms with Crippen LogP contribution in [0.5, 0.6) is 0 Å². The Labute approximate surface area is 102 Å². The van der Waals surface area contributed by atoms with Gasteiger partial charge in [0.25, 0.3) is 0 Å². The van der Waals surface area contributed by atoms with Gasteiger partial charge in [-0.3, -0.25) is 0 Å². The lowest BCUT2D eigenvalue weighted by Gasteiger charge is -2.29. The zero-order valence-corrected chi connectivity index (χ0v) is 10.8. The van der Waals surface area contributed by atoms with E-state index in [-0.39, 0.29) is 0 Å². The second-order valence-corrected chi connectivity index (χ2v) is 4.23. The Bertz CT molecular complexity index is 395. The summed E-state index contributed by atoms with van der Waals surface area (Å²) in [6.07, 6.45) is 1.09. The summed E-state index contributed by atoms with van der Waals surface area (Å²) in [6.45, 7) is 7.42. The van der Waals surface area contributed by atoms with E-state index in [0.29, 0.717) is 16.6 Å². The molecule has 1 atom stereocenters. The van der Waals surface area contributed by atoms with Gasteiger partial charge in [0, 0.05) is 18.3 Å². The van der Waals surface area contributed by atoms with Crippen LogP contribution in [0.1, 0.15) is 32.8 Å². The molecule has 0 aliphatic rings. The maximum Gasteiger partial charge on any atom is 0.101 e. The topological polar surface area (TPSA) is 27.0 Å². The van der Waals surface area contributed by atoms with Gasteiger partial charge < -0.3 is 4.90 Å². The molecule has 0 aliphatic heterocycles. The van der Waals surface area contributed by atoms with Crippen molar-refractivity contribution in [2.75, 3.05) is 11.4 Å². The molecule has 0 saturated heterocycles. The quantitative estimate of drug-likeness (QED) is 0.794. The Kier molecular flexibility index (Phi) is 4.64. The normalized spacial score (nSPS) is 11.9.